The lowest BCUT2D eigenvalue weighted by Crippen LogP contribution is -2.09. The number of ketones is 1. The van der Waals surface area contributed by atoms with E-state index in [1.54, 1.807) is 6.08 Å². The van der Waals surface area contributed by atoms with E-state index in [-0.39, 0.29) is 5.78 Å². The van der Waals surface area contributed by atoms with E-state index < -0.39 is 0 Å². The summed E-state index contributed by atoms with van der Waals surface area (Å²) in [5, 5.41) is 0.486. The van der Waals surface area contributed by atoms with Gasteiger partial charge in [0, 0.05) is 11.7 Å². The van der Waals surface area contributed by atoms with Crippen molar-refractivity contribution in [3.8, 4) is 0 Å². The SMILES string of the molecule is CCCCC[C@@H](CC(=O)/C=C/c1ccccc1)SCC. The fourth-order valence-corrected chi connectivity index (χ4v) is 3.23. The average molecular weight is 290 g/mol. The first-order valence-electron chi connectivity index (χ1n) is 7.63. The Balaban J connectivity index is 2.42. The minimum absolute atomic E-state index is 0.247. The number of hydrogen-bond acceptors (Lipinski definition) is 2. The Kier molecular flexibility index (Phi) is 9.14. The van der Waals surface area contributed by atoms with Gasteiger partial charge in [0.15, 0.2) is 5.78 Å². The van der Waals surface area contributed by atoms with Crippen LogP contribution in [0.4, 0.5) is 0 Å². The summed E-state index contributed by atoms with van der Waals surface area (Å²) in [7, 11) is 0. The van der Waals surface area contributed by atoms with Crippen molar-refractivity contribution in [3.63, 3.8) is 0 Å². The van der Waals surface area contributed by atoms with Gasteiger partial charge in [-0.25, -0.2) is 0 Å². The third-order valence-corrected chi connectivity index (χ3v) is 4.43. The summed E-state index contributed by atoms with van der Waals surface area (Å²) in [4.78, 5) is 12.0. The van der Waals surface area contributed by atoms with Crippen molar-refractivity contribution in [2.75, 3.05) is 5.75 Å². The summed E-state index contributed by atoms with van der Waals surface area (Å²) in [5.41, 5.74) is 1.09. The summed E-state index contributed by atoms with van der Waals surface area (Å²) in [6, 6.07) is 10.0. The van der Waals surface area contributed by atoms with Crippen LogP contribution < -0.4 is 0 Å². The first kappa shape index (κ1) is 17.0. The standard InChI is InChI=1S/C18H26OS/c1-3-5-7-12-18(20-4-2)15-17(19)14-13-16-10-8-6-9-11-16/h6,8-11,13-14,18H,3-5,7,12,15H2,1-2H3/b14-13+/t18-/m0/s1. The summed E-state index contributed by atoms with van der Waals surface area (Å²) < 4.78 is 0. The van der Waals surface area contributed by atoms with E-state index in [1.807, 2.05) is 48.2 Å². The van der Waals surface area contributed by atoms with Crippen molar-refractivity contribution in [3.05, 3.63) is 42.0 Å². The van der Waals surface area contributed by atoms with E-state index in [9.17, 15) is 4.79 Å². The Bertz CT molecular complexity index is 397. The fourth-order valence-electron chi connectivity index (χ4n) is 2.15. The summed E-state index contributed by atoms with van der Waals surface area (Å²) in [6.45, 7) is 4.39. The highest BCUT2D eigenvalue weighted by Gasteiger charge is 2.11. The molecule has 1 aromatic carbocycles. The molecule has 1 atom stereocenters. The molecule has 0 bridgehead atoms. The Morgan fingerprint density at radius 2 is 1.95 bits per heavy atom. The molecule has 0 fully saturated rings. The van der Waals surface area contributed by atoms with Crippen LogP contribution >= 0.6 is 11.8 Å². The Morgan fingerprint density at radius 1 is 1.20 bits per heavy atom. The van der Waals surface area contributed by atoms with Crippen LogP contribution in [0.25, 0.3) is 6.08 Å². The molecule has 0 aromatic heterocycles. The van der Waals surface area contributed by atoms with E-state index in [1.165, 1.54) is 19.3 Å². The summed E-state index contributed by atoms with van der Waals surface area (Å²) in [5.74, 6) is 1.34. The molecule has 110 valence electrons. The average Bonchev–Trinajstić information content (AvgIpc) is 2.47. The predicted octanol–water partition coefficient (Wildman–Crippen LogP) is 5.36. The van der Waals surface area contributed by atoms with Crippen molar-refractivity contribution in [2.45, 2.75) is 51.2 Å². The number of hydrogen-bond donors (Lipinski definition) is 0. The second-order valence-electron chi connectivity index (χ2n) is 4.99. The Hall–Kier alpha value is -1.02. The van der Waals surface area contributed by atoms with Gasteiger partial charge >= 0.3 is 0 Å². The predicted molar refractivity (Wildman–Crippen MR) is 91.2 cm³/mol. The molecule has 2 heteroatoms. The van der Waals surface area contributed by atoms with Gasteiger partial charge in [0.25, 0.3) is 0 Å². The molecule has 0 heterocycles. The van der Waals surface area contributed by atoms with Crippen molar-refractivity contribution >= 4 is 23.6 Å². The fraction of sp³-hybridized carbons (Fsp3) is 0.500. The number of carbonyl (C=O) groups excluding carboxylic acids is 1. The zero-order valence-electron chi connectivity index (χ0n) is 12.7. The number of unbranched alkanes of at least 4 members (excludes halogenated alkanes) is 2. The third kappa shape index (κ3) is 7.54. The molecule has 0 saturated heterocycles. The van der Waals surface area contributed by atoms with Gasteiger partial charge in [-0.3, -0.25) is 4.79 Å². The molecule has 1 nitrogen and oxygen atoms in total. The van der Waals surface area contributed by atoms with Crippen LogP contribution in [0.3, 0.4) is 0 Å². The molecule has 0 N–H and O–H groups in total. The van der Waals surface area contributed by atoms with Gasteiger partial charge in [0.1, 0.15) is 0 Å². The van der Waals surface area contributed by atoms with Crippen molar-refractivity contribution < 1.29 is 4.79 Å². The molecule has 0 saturated carbocycles. The van der Waals surface area contributed by atoms with Crippen LogP contribution in [0.2, 0.25) is 0 Å². The van der Waals surface area contributed by atoms with Gasteiger partial charge in [-0.15, -0.1) is 0 Å². The molecule has 20 heavy (non-hydrogen) atoms. The van der Waals surface area contributed by atoms with E-state index in [4.69, 9.17) is 0 Å². The molecule has 0 radical (unpaired) electrons. The number of thioether (sulfide) groups is 1. The summed E-state index contributed by atoms with van der Waals surface area (Å²) >= 11 is 1.92. The zero-order chi connectivity index (χ0) is 14.6. The van der Waals surface area contributed by atoms with Crippen LogP contribution in [0.15, 0.2) is 36.4 Å². The highest BCUT2D eigenvalue weighted by Crippen LogP contribution is 2.21. The second-order valence-corrected chi connectivity index (χ2v) is 6.56. The largest absolute Gasteiger partial charge is 0.295 e. The van der Waals surface area contributed by atoms with Crippen LogP contribution in [0, 0.1) is 0 Å². The molecule has 1 rings (SSSR count). The number of allylic oxidation sites excluding steroid dienone is 1. The quantitative estimate of drug-likeness (QED) is 0.426. The van der Waals surface area contributed by atoms with Crippen molar-refractivity contribution in [1.29, 1.82) is 0 Å². The van der Waals surface area contributed by atoms with Gasteiger partial charge < -0.3 is 0 Å². The van der Waals surface area contributed by atoms with Crippen LogP contribution in [0.5, 0.6) is 0 Å². The van der Waals surface area contributed by atoms with E-state index >= 15 is 0 Å². The molecule has 0 aliphatic heterocycles. The number of benzene rings is 1. The highest BCUT2D eigenvalue weighted by molar-refractivity contribution is 7.99. The van der Waals surface area contributed by atoms with Crippen molar-refractivity contribution in [2.24, 2.45) is 0 Å². The van der Waals surface area contributed by atoms with Crippen LogP contribution in [-0.4, -0.2) is 16.8 Å². The minimum Gasteiger partial charge on any atom is -0.295 e. The molecule has 0 aliphatic carbocycles. The third-order valence-electron chi connectivity index (χ3n) is 3.22. The Labute approximate surface area is 127 Å². The maximum Gasteiger partial charge on any atom is 0.156 e. The van der Waals surface area contributed by atoms with Gasteiger partial charge in [-0.05, 0) is 23.8 Å². The minimum atomic E-state index is 0.247. The topological polar surface area (TPSA) is 17.1 Å². The molecule has 0 amide bonds. The molecular weight excluding hydrogens is 264 g/mol. The first-order chi connectivity index (χ1) is 9.76. The highest BCUT2D eigenvalue weighted by atomic mass is 32.2. The van der Waals surface area contributed by atoms with Crippen molar-refractivity contribution in [1.82, 2.24) is 0 Å². The van der Waals surface area contributed by atoms with Crippen LogP contribution in [-0.2, 0) is 4.79 Å². The lowest BCUT2D eigenvalue weighted by atomic mass is 10.1. The second kappa shape index (κ2) is 10.7. The normalized spacial score (nSPS) is 12.7. The molecular formula is C18H26OS. The molecule has 1 aromatic rings. The maximum atomic E-state index is 12.0. The van der Waals surface area contributed by atoms with E-state index in [2.05, 4.69) is 13.8 Å². The molecule has 0 spiro atoms. The zero-order valence-corrected chi connectivity index (χ0v) is 13.5. The number of rotatable bonds is 10. The molecule has 0 unspecified atom stereocenters. The Morgan fingerprint density at radius 3 is 2.60 bits per heavy atom. The monoisotopic (exact) mass is 290 g/mol. The smallest absolute Gasteiger partial charge is 0.156 e. The van der Waals surface area contributed by atoms with E-state index in [0.717, 1.165) is 17.7 Å². The van der Waals surface area contributed by atoms with Crippen LogP contribution in [0.1, 0.15) is 51.5 Å². The lowest BCUT2D eigenvalue weighted by molar-refractivity contribution is -0.114. The van der Waals surface area contributed by atoms with Gasteiger partial charge in [-0.2, -0.15) is 11.8 Å². The summed E-state index contributed by atoms with van der Waals surface area (Å²) in [6.07, 6.45) is 9.24. The van der Waals surface area contributed by atoms with Gasteiger partial charge in [-0.1, -0.05) is 69.5 Å². The number of carbonyl (C=O) groups is 1. The van der Waals surface area contributed by atoms with E-state index in [0.29, 0.717) is 11.7 Å². The van der Waals surface area contributed by atoms with Gasteiger partial charge in [0.05, 0.1) is 0 Å². The van der Waals surface area contributed by atoms with Gasteiger partial charge in [0.2, 0.25) is 0 Å². The lowest BCUT2D eigenvalue weighted by Gasteiger charge is -2.13. The molecule has 0 aliphatic rings. The first-order valence-corrected chi connectivity index (χ1v) is 8.68. The maximum absolute atomic E-state index is 12.0.